The highest BCUT2D eigenvalue weighted by molar-refractivity contribution is 6.30. The van der Waals surface area contributed by atoms with Crippen LogP contribution in [-0.2, 0) is 22.7 Å². The van der Waals surface area contributed by atoms with Crippen LogP contribution in [0, 0.1) is 5.82 Å². The number of carbonyl (C=O) groups excluding carboxylic acids is 3. The monoisotopic (exact) mass is 534 g/mol. The smallest absolute Gasteiger partial charge is 0.243 e. The molecule has 0 bridgehead atoms. The number of hydrogen-bond donors (Lipinski definition) is 1. The van der Waals surface area contributed by atoms with Crippen molar-refractivity contribution in [3.63, 3.8) is 0 Å². The zero-order valence-electron chi connectivity index (χ0n) is 20.5. The van der Waals surface area contributed by atoms with Gasteiger partial charge in [-0.3, -0.25) is 19.4 Å². The molecular weight excluding hydrogens is 511 g/mol. The van der Waals surface area contributed by atoms with Gasteiger partial charge in [0.05, 0.1) is 29.0 Å². The Balaban J connectivity index is 1.33. The van der Waals surface area contributed by atoms with Gasteiger partial charge in [0.25, 0.3) is 0 Å². The lowest BCUT2D eigenvalue weighted by atomic mass is 10.1. The molecule has 0 aliphatic heterocycles. The number of pyridine rings is 1. The molecule has 2 amide bonds. The normalized spacial score (nSPS) is 12.9. The van der Waals surface area contributed by atoms with Crippen LogP contribution in [0.1, 0.15) is 35.7 Å². The van der Waals surface area contributed by atoms with Crippen LogP contribution in [-0.4, -0.2) is 54.6 Å². The van der Waals surface area contributed by atoms with E-state index >= 15 is 0 Å². The Morgan fingerprint density at radius 1 is 1.18 bits per heavy atom. The standard InChI is InChI=1S/C27H24ClFN6O3/c1-16(36)21-12-34(24-11-32-23(7-20(21)24)18-8-30-15-31-9-18)14-26(38)35(19-5-6-19)13-25(37)33-10-17-3-2-4-22(28)27(17)29/h2-4,7-9,11-12,15,19H,5-6,10,13-14H2,1H3,(H,33,37). The first kappa shape index (κ1) is 25.5. The molecule has 0 unspecified atom stereocenters. The summed E-state index contributed by atoms with van der Waals surface area (Å²) in [6, 6.07) is 6.33. The minimum absolute atomic E-state index is 0.0193. The van der Waals surface area contributed by atoms with Gasteiger partial charge in [-0.25, -0.2) is 14.4 Å². The van der Waals surface area contributed by atoms with Crippen molar-refractivity contribution in [2.24, 2.45) is 0 Å². The molecule has 9 nitrogen and oxygen atoms in total. The second kappa shape index (κ2) is 10.7. The third kappa shape index (κ3) is 5.40. The van der Waals surface area contributed by atoms with Crippen LogP contribution < -0.4 is 5.32 Å². The van der Waals surface area contributed by atoms with E-state index in [2.05, 4.69) is 20.3 Å². The van der Waals surface area contributed by atoms with Gasteiger partial charge < -0.3 is 14.8 Å². The summed E-state index contributed by atoms with van der Waals surface area (Å²) in [5.74, 6) is -1.39. The number of carbonyl (C=O) groups is 3. The second-order valence-corrected chi connectivity index (χ2v) is 9.59. The van der Waals surface area contributed by atoms with Crippen LogP contribution in [0.3, 0.4) is 0 Å². The van der Waals surface area contributed by atoms with Gasteiger partial charge in [0.2, 0.25) is 11.8 Å². The van der Waals surface area contributed by atoms with Crippen LogP contribution in [0.25, 0.3) is 22.2 Å². The van der Waals surface area contributed by atoms with E-state index in [1.54, 1.807) is 47.6 Å². The number of nitrogens with one attached hydrogen (secondary N) is 1. The Bertz CT molecular complexity index is 1540. The van der Waals surface area contributed by atoms with Crippen LogP contribution in [0.15, 0.2) is 55.4 Å². The Kier molecular flexibility index (Phi) is 7.15. The molecule has 3 heterocycles. The van der Waals surface area contributed by atoms with E-state index in [-0.39, 0.29) is 48.0 Å². The largest absolute Gasteiger partial charge is 0.350 e. The maximum atomic E-state index is 14.1. The highest BCUT2D eigenvalue weighted by Crippen LogP contribution is 2.29. The van der Waals surface area contributed by atoms with Crippen molar-refractivity contribution >= 4 is 40.1 Å². The fourth-order valence-corrected chi connectivity index (χ4v) is 4.52. The molecule has 1 aromatic carbocycles. The molecule has 0 spiro atoms. The van der Waals surface area contributed by atoms with E-state index in [4.69, 9.17) is 11.6 Å². The minimum Gasteiger partial charge on any atom is -0.350 e. The van der Waals surface area contributed by atoms with Gasteiger partial charge in [-0.05, 0) is 31.9 Å². The average molecular weight is 535 g/mol. The molecule has 11 heteroatoms. The van der Waals surface area contributed by atoms with Crippen molar-refractivity contribution in [1.82, 2.24) is 29.7 Å². The molecule has 1 saturated carbocycles. The maximum absolute atomic E-state index is 14.1. The fourth-order valence-electron chi connectivity index (χ4n) is 4.32. The lowest BCUT2D eigenvalue weighted by Crippen LogP contribution is -2.43. The molecule has 0 saturated heterocycles. The van der Waals surface area contributed by atoms with Crippen molar-refractivity contribution in [2.45, 2.75) is 38.9 Å². The van der Waals surface area contributed by atoms with Gasteiger partial charge in [0.15, 0.2) is 5.78 Å². The number of aromatic nitrogens is 4. The molecule has 5 rings (SSSR count). The second-order valence-electron chi connectivity index (χ2n) is 9.18. The lowest BCUT2D eigenvalue weighted by Gasteiger charge is -2.22. The number of benzene rings is 1. The summed E-state index contributed by atoms with van der Waals surface area (Å²) in [4.78, 5) is 52.4. The lowest BCUT2D eigenvalue weighted by molar-refractivity contribution is -0.137. The van der Waals surface area contributed by atoms with Gasteiger partial charge in [-0.1, -0.05) is 23.7 Å². The Hall–Kier alpha value is -4.18. The summed E-state index contributed by atoms with van der Waals surface area (Å²) in [6.07, 6.45) is 9.56. The number of Topliss-reactive ketones (excluding diaryl/α,β-unsaturated/α-hetero) is 1. The number of ketones is 1. The highest BCUT2D eigenvalue weighted by atomic mass is 35.5. The molecule has 4 aromatic rings. The van der Waals surface area contributed by atoms with Gasteiger partial charge >= 0.3 is 0 Å². The summed E-state index contributed by atoms with van der Waals surface area (Å²) in [7, 11) is 0. The first-order valence-electron chi connectivity index (χ1n) is 12.1. The number of halogens is 2. The summed E-state index contributed by atoms with van der Waals surface area (Å²) < 4.78 is 15.8. The van der Waals surface area contributed by atoms with E-state index < -0.39 is 11.7 Å². The van der Waals surface area contributed by atoms with E-state index in [1.165, 1.54) is 24.2 Å². The molecule has 1 aliphatic rings. The molecule has 38 heavy (non-hydrogen) atoms. The SMILES string of the molecule is CC(=O)c1cn(CC(=O)N(CC(=O)NCc2cccc(Cl)c2F)C2CC2)c2cnc(-c3cncnc3)cc12. The molecule has 194 valence electrons. The maximum Gasteiger partial charge on any atom is 0.243 e. The van der Waals surface area contributed by atoms with Gasteiger partial charge in [0.1, 0.15) is 18.7 Å². The van der Waals surface area contributed by atoms with Crippen molar-refractivity contribution < 1.29 is 18.8 Å². The van der Waals surface area contributed by atoms with Gasteiger partial charge in [0, 0.05) is 53.3 Å². The third-order valence-corrected chi connectivity index (χ3v) is 6.73. The first-order chi connectivity index (χ1) is 18.3. The van der Waals surface area contributed by atoms with E-state index in [0.29, 0.717) is 27.7 Å². The Labute approximate surface area is 222 Å². The number of fused-ring (bicyclic) bond motifs is 1. The van der Waals surface area contributed by atoms with Crippen LogP contribution in [0.5, 0.6) is 0 Å². The van der Waals surface area contributed by atoms with Crippen LogP contribution >= 0.6 is 11.6 Å². The molecule has 1 fully saturated rings. The minimum atomic E-state index is -0.582. The highest BCUT2D eigenvalue weighted by Gasteiger charge is 2.34. The Morgan fingerprint density at radius 3 is 2.66 bits per heavy atom. The summed E-state index contributed by atoms with van der Waals surface area (Å²) >= 11 is 5.81. The molecule has 1 N–H and O–H groups in total. The van der Waals surface area contributed by atoms with Crippen molar-refractivity contribution in [2.75, 3.05) is 6.54 Å². The number of amides is 2. The molecule has 0 radical (unpaired) electrons. The zero-order chi connectivity index (χ0) is 26.8. The zero-order valence-corrected chi connectivity index (χ0v) is 21.3. The molecule has 3 aromatic heterocycles. The predicted molar refractivity (Wildman–Crippen MR) is 139 cm³/mol. The van der Waals surface area contributed by atoms with Crippen molar-refractivity contribution in [3.05, 3.63) is 77.3 Å². The molecule has 0 atom stereocenters. The summed E-state index contributed by atoms with van der Waals surface area (Å²) in [5, 5.41) is 3.31. The summed E-state index contributed by atoms with van der Waals surface area (Å²) in [6.45, 7) is 1.21. The van der Waals surface area contributed by atoms with Crippen LogP contribution in [0.4, 0.5) is 4.39 Å². The van der Waals surface area contributed by atoms with E-state index in [1.807, 2.05) is 0 Å². The topological polar surface area (TPSA) is 110 Å². The van der Waals surface area contributed by atoms with Gasteiger partial charge in [-0.2, -0.15) is 0 Å². The average Bonchev–Trinajstić information content (AvgIpc) is 3.69. The van der Waals surface area contributed by atoms with Gasteiger partial charge in [-0.15, -0.1) is 0 Å². The number of nitrogens with zero attached hydrogens (tertiary/aromatic N) is 5. The molecule has 1 aliphatic carbocycles. The molecular formula is C27H24ClFN6O3. The number of rotatable bonds is 9. The van der Waals surface area contributed by atoms with Crippen molar-refractivity contribution in [1.29, 1.82) is 0 Å². The Morgan fingerprint density at radius 2 is 1.95 bits per heavy atom. The fraction of sp³-hybridized carbons (Fsp3) is 0.259. The quantitative estimate of drug-likeness (QED) is 0.327. The van der Waals surface area contributed by atoms with E-state index in [0.717, 1.165) is 12.8 Å². The first-order valence-corrected chi connectivity index (χ1v) is 12.4. The number of hydrogen-bond acceptors (Lipinski definition) is 6. The third-order valence-electron chi connectivity index (χ3n) is 6.44. The van der Waals surface area contributed by atoms with Crippen LogP contribution in [0.2, 0.25) is 5.02 Å². The van der Waals surface area contributed by atoms with Crippen molar-refractivity contribution in [3.8, 4) is 11.3 Å². The summed E-state index contributed by atoms with van der Waals surface area (Å²) in [5.41, 5.74) is 2.67. The van der Waals surface area contributed by atoms with E-state index in [9.17, 15) is 18.8 Å². The predicted octanol–water partition coefficient (Wildman–Crippen LogP) is 3.80.